The van der Waals surface area contributed by atoms with Crippen molar-refractivity contribution in [3.63, 3.8) is 0 Å². The Hall–Kier alpha value is -2.99. The fraction of sp³-hybridized carbons (Fsp3) is 0.286. The second-order valence-corrected chi connectivity index (χ2v) is 6.66. The number of nitrogens with zero attached hydrogens (tertiary/aromatic N) is 3. The van der Waals surface area contributed by atoms with E-state index in [1.54, 1.807) is 0 Å². The third-order valence-corrected chi connectivity index (χ3v) is 4.90. The normalized spacial score (nSPS) is 12.7. The van der Waals surface area contributed by atoms with Gasteiger partial charge in [-0.3, -0.25) is 4.79 Å². The summed E-state index contributed by atoms with van der Waals surface area (Å²) in [5.74, 6) is -0.0735. The number of rotatable bonds is 6. The molecule has 0 aliphatic heterocycles. The minimum Gasteiger partial charge on any atom is -0.394 e. The molecule has 1 atom stereocenters. The van der Waals surface area contributed by atoms with Crippen molar-refractivity contribution in [2.24, 2.45) is 0 Å². The number of hydrogen-bond acceptors (Lipinski definition) is 4. The Kier molecular flexibility index (Phi) is 4.73. The summed E-state index contributed by atoms with van der Waals surface area (Å²) in [6.07, 6.45) is 1.02. The van der Waals surface area contributed by atoms with E-state index in [0.717, 1.165) is 33.1 Å². The van der Waals surface area contributed by atoms with Crippen molar-refractivity contribution >= 4 is 39.0 Å². The molecule has 0 saturated carbocycles. The van der Waals surface area contributed by atoms with Crippen LogP contribution in [0, 0.1) is 0 Å². The maximum atomic E-state index is 12.3. The van der Waals surface area contributed by atoms with E-state index in [2.05, 4.69) is 9.88 Å². The Labute approximate surface area is 156 Å². The zero-order valence-corrected chi connectivity index (χ0v) is 15.2. The van der Waals surface area contributed by atoms with Crippen LogP contribution in [0.25, 0.3) is 33.1 Å². The van der Waals surface area contributed by atoms with Crippen molar-refractivity contribution in [2.75, 3.05) is 6.61 Å². The lowest BCUT2D eigenvalue weighted by Crippen LogP contribution is -2.37. The molecule has 0 aliphatic rings. The van der Waals surface area contributed by atoms with Crippen molar-refractivity contribution in [1.82, 2.24) is 19.9 Å². The van der Waals surface area contributed by atoms with Gasteiger partial charge in [-0.2, -0.15) is 0 Å². The fourth-order valence-electron chi connectivity index (χ4n) is 3.40. The van der Waals surface area contributed by atoms with E-state index in [1.165, 1.54) is 0 Å². The van der Waals surface area contributed by atoms with Crippen molar-refractivity contribution in [3.05, 3.63) is 48.5 Å². The molecule has 138 valence electrons. The van der Waals surface area contributed by atoms with Crippen LogP contribution in [-0.2, 0) is 11.3 Å². The van der Waals surface area contributed by atoms with Gasteiger partial charge in [0.1, 0.15) is 5.52 Å². The lowest BCUT2D eigenvalue weighted by molar-refractivity contribution is -0.122. The van der Waals surface area contributed by atoms with Crippen molar-refractivity contribution in [1.29, 1.82) is 0 Å². The fourth-order valence-corrected chi connectivity index (χ4v) is 3.40. The zero-order valence-electron chi connectivity index (χ0n) is 15.2. The predicted molar refractivity (Wildman–Crippen MR) is 106 cm³/mol. The quantitative estimate of drug-likeness (QED) is 0.553. The second-order valence-electron chi connectivity index (χ2n) is 6.66. The molecule has 1 unspecified atom stereocenters. The number of aliphatic hydroxyl groups excluding tert-OH is 1. The highest BCUT2D eigenvalue weighted by Gasteiger charge is 2.16. The predicted octanol–water partition coefficient (Wildman–Crippen LogP) is 3.01. The number of aryl methyl sites for hydroxylation is 1. The van der Waals surface area contributed by atoms with Crippen LogP contribution in [0.1, 0.15) is 19.8 Å². The second kappa shape index (κ2) is 7.32. The van der Waals surface area contributed by atoms with Gasteiger partial charge in [0.05, 0.1) is 29.2 Å². The Balaban J connectivity index is 1.74. The van der Waals surface area contributed by atoms with E-state index in [-0.39, 0.29) is 18.6 Å². The number of fused-ring (bicyclic) bond motifs is 4. The van der Waals surface area contributed by atoms with Gasteiger partial charge in [-0.05, 0) is 24.6 Å². The summed E-state index contributed by atoms with van der Waals surface area (Å²) >= 11 is 0. The van der Waals surface area contributed by atoms with E-state index in [9.17, 15) is 9.90 Å². The van der Waals surface area contributed by atoms with Gasteiger partial charge in [0.15, 0.2) is 5.65 Å². The molecule has 1 amide bonds. The molecule has 27 heavy (non-hydrogen) atoms. The molecule has 0 radical (unpaired) electrons. The first-order valence-electron chi connectivity index (χ1n) is 9.25. The van der Waals surface area contributed by atoms with Crippen LogP contribution in [0.15, 0.2) is 48.5 Å². The van der Waals surface area contributed by atoms with Crippen molar-refractivity contribution < 1.29 is 9.90 Å². The minimum atomic E-state index is -0.195. The van der Waals surface area contributed by atoms with Gasteiger partial charge in [-0.25, -0.2) is 9.97 Å². The van der Waals surface area contributed by atoms with E-state index < -0.39 is 0 Å². The first-order valence-corrected chi connectivity index (χ1v) is 9.25. The number of aliphatic hydroxyl groups is 1. The summed E-state index contributed by atoms with van der Waals surface area (Å²) in [5.41, 5.74) is 4.36. The van der Waals surface area contributed by atoms with Crippen LogP contribution in [0.5, 0.6) is 0 Å². The summed E-state index contributed by atoms with van der Waals surface area (Å²) in [4.78, 5) is 21.9. The third-order valence-electron chi connectivity index (χ3n) is 4.90. The first-order chi connectivity index (χ1) is 13.2. The Bertz CT molecular complexity index is 1120. The van der Waals surface area contributed by atoms with E-state index in [4.69, 9.17) is 9.97 Å². The molecule has 0 saturated heterocycles. The van der Waals surface area contributed by atoms with Gasteiger partial charge in [0.2, 0.25) is 5.91 Å². The number of carbonyl (C=O) groups excluding carboxylic acids is 1. The monoisotopic (exact) mass is 362 g/mol. The number of aromatic nitrogens is 3. The van der Waals surface area contributed by atoms with Crippen LogP contribution in [0.4, 0.5) is 0 Å². The highest BCUT2D eigenvalue weighted by Crippen LogP contribution is 2.28. The Morgan fingerprint density at radius 2 is 1.81 bits per heavy atom. The molecule has 0 fully saturated rings. The first kappa shape index (κ1) is 17.4. The van der Waals surface area contributed by atoms with Crippen LogP contribution in [0.3, 0.4) is 0 Å². The maximum absolute atomic E-state index is 12.3. The number of carbonyl (C=O) groups is 1. The van der Waals surface area contributed by atoms with E-state index in [1.807, 2.05) is 55.5 Å². The van der Waals surface area contributed by atoms with Crippen LogP contribution >= 0.6 is 0 Å². The van der Waals surface area contributed by atoms with E-state index >= 15 is 0 Å². The number of benzene rings is 2. The summed E-state index contributed by atoms with van der Waals surface area (Å²) < 4.78 is 2.06. The molecule has 6 nitrogen and oxygen atoms in total. The number of para-hydroxylation sites is 3. The molecule has 0 spiro atoms. The van der Waals surface area contributed by atoms with Gasteiger partial charge in [-0.15, -0.1) is 0 Å². The molecule has 2 heterocycles. The molecule has 2 aromatic heterocycles. The molecule has 2 aromatic carbocycles. The molecular formula is C21H22N4O2. The lowest BCUT2D eigenvalue weighted by Gasteiger charge is -2.14. The van der Waals surface area contributed by atoms with Crippen LogP contribution in [0.2, 0.25) is 0 Å². The Morgan fingerprint density at radius 1 is 1.11 bits per heavy atom. The SMILES string of the molecule is CCC(CO)NC(=O)CCn1c2ccccc2c2nc3ccccc3nc21. The summed E-state index contributed by atoms with van der Waals surface area (Å²) in [5, 5.41) is 13.2. The highest BCUT2D eigenvalue weighted by atomic mass is 16.3. The number of hydrogen-bond donors (Lipinski definition) is 2. The standard InChI is InChI=1S/C21H22N4O2/c1-2-14(13-26)22-19(27)11-12-25-18-10-6-3-7-15(18)20-21(25)24-17-9-5-4-8-16(17)23-20/h3-10,14,26H,2,11-13H2,1H3,(H,22,27). The van der Waals surface area contributed by atoms with Crippen molar-refractivity contribution in [2.45, 2.75) is 32.4 Å². The third kappa shape index (κ3) is 3.24. The van der Waals surface area contributed by atoms with Gasteiger partial charge >= 0.3 is 0 Å². The molecule has 6 heteroatoms. The highest BCUT2D eigenvalue weighted by molar-refractivity contribution is 6.06. The number of amides is 1. The van der Waals surface area contributed by atoms with Crippen LogP contribution < -0.4 is 5.32 Å². The molecule has 4 aromatic rings. The smallest absolute Gasteiger partial charge is 0.222 e. The van der Waals surface area contributed by atoms with E-state index in [0.29, 0.717) is 19.4 Å². The summed E-state index contributed by atoms with van der Waals surface area (Å²) in [6.45, 7) is 2.40. The Morgan fingerprint density at radius 3 is 2.56 bits per heavy atom. The molecule has 0 bridgehead atoms. The summed E-state index contributed by atoms with van der Waals surface area (Å²) in [7, 11) is 0. The minimum absolute atomic E-state index is 0.0465. The molecule has 2 N–H and O–H groups in total. The zero-order chi connectivity index (χ0) is 18.8. The van der Waals surface area contributed by atoms with Crippen LogP contribution in [-0.4, -0.2) is 38.2 Å². The molecule has 0 aliphatic carbocycles. The lowest BCUT2D eigenvalue weighted by atomic mass is 10.2. The van der Waals surface area contributed by atoms with Gasteiger partial charge in [0.25, 0.3) is 0 Å². The van der Waals surface area contributed by atoms with Gasteiger partial charge in [0, 0.05) is 18.4 Å². The van der Waals surface area contributed by atoms with Crippen molar-refractivity contribution in [3.8, 4) is 0 Å². The largest absolute Gasteiger partial charge is 0.394 e. The summed E-state index contributed by atoms with van der Waals surface area (Å²) in [6, 6.07) is 15.7. The number of nitrogens with one attached hydrogen (secondary N) is 1. The maximum Gasteiger partial charge on any atom is 0.222 e. The topological polar surface area (TPSA) is 80.0 Å². The average molecular weight is 362 g/mol. The van der Waals surface area contributed by atoms with Gasteiger partial charge < -0.3 is 15.0 Å². The molecule has 4 rings (SSSR count). The van der Waals surface area contributed by atoms with Gasteiger partial charge in [-0.1, -0.05) is 37.3 Å². The average Bonchev–Trinajstić information content (AvgIpc) is 3.01. The molecular weight excluding hydrogens is 340 g/mol.